The molecule has 2 nitrogen and oxygen atoms in total. The fourth-order valence-corrected chi connectivity index (χ4v) is 0.630. The van der Waals surface area contributed by atoms with Gasteiger partial charge < -0.3 is 5.11 Å². The van der Waals surface area contributed by atoms with Crippen LogP contribution in [-0.2, 0) is 6.61 Å². The van der Waals surface area contributed by atoms with E-state index in [1.165, 1.54) is 0 Å². The quantitative estimate of drug-likeness (QED) is 0.626. The SMILES string of the molecule is OCc1cc(F)nc(F)c1F. The predicted octanol–water partition coefficient (Wildman–Crippen LogP) is 0.991. The average Bonchev–Trinajstić information content (AvgIpc) is 1.96. The van der Waals surface area contributed by atoms with Crippen LogP contribution in [0.3, 0.4) is 0 Å². The molecule has 1 N–H and O–H groups in total. The highest BCUT2D eigenvalue weighted by Gasteiger charge is 2.10. The third kappa shape index (κ3) is 1.48. The molecule has 1 aromatic heterocycles. The van der Waals surface area contributed by atoms with Crippen molar-refractivity contribution >= 4 is 0 Å². The van der Waals surface area contributed by atoms with E-state index in [2.05, 4.69) is 4.98 Å². The zero-order chi connectivity index (χ0) is 8.43. The van der Waals surface area contributed by atoms with Gasteiger partial charge in [0, 0.05) is 11.6 Å². The van der Waals surface area contributed by atoms with E-state index in [1.54, 1.807) is 0 Å². The van der Waals surface area contributed by atoms with Crippen LogP contribution in [0.15, 0.2) is 6.07 Å². The number of aliphatic hydroxyl groups is 1. The van der Waals surface area contributed by atoms with Crippen LogP contribution >= 0.6 is 0 Å². The summed E-state index contributed by atoms with van der Waals surface area (Å²) in [6.45, 7) is -0.748. The maximum Gasteiger partial charge on any atom is 0.251 e. The molecule has 0 bridgehead atoms. The number of aromatic nitrogens is 1. The molecule has 0 aromatic carbocycles. The van der Waals surface area contributed by atoms with Gasteiger partial charge in [-0.3, -0.25) is 0 Å². The third-order valence-electron chi connectivity index (χ3n) is 1.13. The monoisotopic (exact) mass is 163 g/mol. The van der Waals surface area contributed by atoms with Crippen LogP contribution in [0.4, 0.5) is 13.2 Å². The Bertz CT molecular complexity index is 277. The Hall–Kier alpha value is -1.10. The summed E-state index contributed by atoms with van der Waals surface area (Å²) < 4.78 is 36.8. The summed E-state index contributed by atoms with van der Waals surface area (Å²) in [6, 6.07) is 0.637. The van der Waals surface area contributed by atoms with E-state index >= 15 is 0 Å². The molecule has 0 saturated heterocycles. The molecule has 0 saturated carbocycles. The molecule has 0 aliphatic carbocycles. The number of nitrogens with zero attached hydrogens (tertiary/aromatic N) is 1. The Kier molecular flexibility index (Phi) is 2.09. The highest BCUT2D eigenvalue weighted by molar-refractivity contribution is 5.13. The molecule has 5 heteroatoms. The molecule has 0 radical (unpaired) electrons. The summed E-state index contributed by atoms with van der Waals surface area (Å²) in [5.74, 6) is -3.99. The lowest BCUT2D eigenvalue weighted by Crippen LogP contribution is -1.99. The molecule has 0 atom stereocenters. The van der Waals surface area contributed by atoms with Crippen molar-refractivity contribution in [2.45, 2.75) is 6.61 Å². The van der Waals surface area contributed by atoms with Gasteiger partial charge in [-0.2, -0.15) is 13.8 Å². The first-order valence-electron chi connectivity index (χ1n) is 2.76. The maximum absolute atomic E-state index is 12.4. The van der Waals surface area contributed by atoms with Crippen LogP contribution in [0.5, 0.6) is 0 Å². The summed E-state index contributed by atoms with van der Waals surface area (Å²) in [7, 11) is 0. The molecule has 0 fully saturated rings. The summed E-state index contributed by atoms with van der Waals surface area (Å²) in [6.07, 6.45) is 0. The number of aliphatic hydroxyl groups excluding tert-OH is 1. The minimum Gasteiger partial charge on any atom is -0.392 e. The van der Waals surface area contributed by atoms with Crippen molar-refractivity contribution in [2.24, 2.45) is 0 Å². The first-order chi connectivity index (χ1) is 5.15. The largest absolute Gasteiger partial charge is 0.392 e. The van der Waals surface area contributed by atoms with Gasteiger partial charge in [0.15, 0.2) is 5.82 Å². The first-order valence-corrected chi connectivity index (χ1v) is 2.76. The van der Waals surface area contributed by atoms with E-state index in [-0.39, 0.29) is 0 Å². The van der Waals surface area contributed by atoms with Gasteiger partial charge in [-0.1, -0.05) is 0 Å². The van der Waals surface area contributed by atoms with Crippen molar-refractivity contribution < 1.29 is 18.3 Å². The van der Waals surface area contributed by atoms with Crippen LogP contribution in [-0.4, -0.2) is 10.1 Å². The molecule has 0 aliphatic heterocycles. The van der Waals surface area contributed by atoms with Gasteiger partial charge >= 0.3 is 0 Å². The van der Waals surface area contributed by atoms with Gasteiger partial charge in [-0.15, -0.1) is 0 Å². The second-order valence-corrected chi connectivity index (χ2v) is 1.87. The number of pyridine rings is 1. The lowest BCUT2D eigenvalue weighted by Gasteiger charge is -1.98. The van der Waals surface area contributed by atoms with Gasteiger partial charge in [0.2, 0.25) is 5.95 Å². The Morgan fingerprint density at radius 2 is 2.00 bits per heavy atom. The Balaban J connectivity index is 3.24. The summed E-state index contributed by atoms with van der Waals surface area (Å²) in [4.78, 5) is 2.56. The van der Waals surface area contributed by atoms with Crippen molar-refractivity contribution in [1.82, 2.24) is 4.98 Å². The van der Waals surface area contributed by atoms with Crippen LogP contribution in [0.2, 0.25) is 0 Å². The zero-order valence-corrected chi connectivity index (χ0v) is 5.31. The van der Waals surface area contributed by atoms with E-state index in [4.69, 9.17) is 5.11 Å². The molecule has 0 aliphatic rings. The molecule has 1 rings (SSSR count). The molecule has 0 amide bonds. The highest BCUT2D eigenvalue weighted by atomic mass is 19.2. The molecule has 60 valence electrons. The second kappa shape index (κ2) is 2.87. The van der Waals surface area contributed by atoms with Crippen molar-refractivity contribution in [3.8, 4) is 0 Å². The molecule has 1 aromatic rings. The van der Waals surface area contributed by atoms with Gasteiger partial charge in [-0.05, 0) is 0 Å². The molecule has 0 unspecified atom stereocenters. The fraction of sp³-hybridized carbons (Fsp3) is 0.167. The van der Waals surface area contributed by atoms with E-state index in [9.17, 15) is 13.2 Å². The highest BCUT2D eigenvalue weighted by Crippen LogP contribution is 2.10. The van der Waals surface area contributed by atoms with Crippen molar-refractivity contribution in [3.63, 3.8) is 0 Å². The Morgan fingerprint density at radius 3 is 2.55 bits per heavy atom. The fourth-order valence-electron chi connectivity index (χ4n) is 0.630. The summed E-state index contributed by atoms with van der Waals surface area (Å²) in [5.41, 5.74) is -0.435. The lowest BCUT2D eigenvalue weighted by molar-refractivity contribution is 0.270. The van der Waals surface area contributed by atoms with E-state index in [1.807, 2.05) is 0 Å². The number of halogens is 3. The van der Waals surface area contributed by atoms with Gasteiger partial charge in [0.1, 0.15) is 0 Å². The topological polar surface area (TPSA) is 33.1 Å². The normalized spacial score (nSPS) is 10.2. The molecule has 1 heterocycles. The van der Waals surface area contributed by atoms with Crippen LogP contribution in [0, 0.1) is 17.7 Å². The molecular weight excluding hydrogens is 159 g/mol. The smallest absolute Gasteiger partial charge is 0.251 e. The van der Waals surface area contributed by atoms with Crippen LogP contribution in [0.25, 0.3) is 0 Å². The minimum absolute atomic E-state index is 0.435. The van der Waals surface area contributed by atoms with Gasteiger partial charge in [0.05, 0.1) is 6.61 Å². The molecular formula is C6H4F3NO. The number of rotatable bonds is 1. The maximum atomic E-state index is 12.4. The molecule has 0 spiro atoms. The van der Waals surface area contributed by atoms with E-state index in [0.717, 1.165) is 0 Å². The van der Waals surface area contributed by atoms with Crippen molar-refractivity contribution in [3.05, 3.63) is 29.3 Å². The van der Waals surface area contributed by atoms with E-state index < -0.39 is 29.9 Å². The summed E-state index contributed by atoms with van der Waals surface area (Å²) in [5, 5.41) is 8.37. The minimum atomic E-state index is -1.53. The van der Waals surface area contributed by atoms with Crippen molar-refractivity contribution in [2.75, 3.05) is 0 Å². The number of hydrogen-bond acceptors (Lipinski definition) is 2. The van der Waals surface area contributed by atoms with Gasteiger partial charge in [0.25, 0.3) is 5.95 Å². The third-order valence-corrected chi connectivity index (χ3v) is 1.13. The van der Waals surface area contributed by atoms with E-state index in [0.29, 0.717) is 6.07 Å². The number of hydrogen-bond donors (Lipinski definition) is 1. The van der Waals surface area contributed by atoms with Crippen molar-refractivity contribution in [1.29, 1.82) is 0 Å². The van der Waals surface area contributed by atoms with Crippen LogP contribution < -0.4 is 0 Å². The Morgan fingerprint density at radius 1 is 1.36 bits per heavy atom. The Labute approximate surface area is 60.3 Å². The lowest BCUT2D eigenvalue weighted by atomic mass is 10.3. The average molecular weight is 163 g/mol. The second-order valence-electron chi connectivity index (χ2n) is 1.87. The first kappa shape index (κ1) is 8.00. The van der Waals surface area contributed by atoms with Gasteiger partial charge in [-0.25, -0.2) is 4.39 Å². The summed E-state index contributed by atoms with van der Waals surface area (Å²) >= 11 is 0. The molecule has 11 heavy (non-hydrogen) atoms. The standard InChI is InChI=1S/C6H4F3NO/c7-4-1-3(2-11)5(8)6(9)10-4/h1,11H,2H2. The predicted molar refractivity (Wildman–Crippen MR) is 30.0 cm³/mol. The zero-order valence-electron chi connectivity index (χ0n) is 5.31. The van der Waals surface area contributed by atoms with Crippen LogP contribution in [0.1, 0.15) is 5.56 Å².